The first-order valence-corrected chi connectivity index (χ1v) is 9.80. The maximum atomic E-state index is 5.22. The third kappa shape index (κ3) is 5.07. The van der Waals surface area contributed by atoms with Gasteiger partial charge in [-0.3, -0.25) is 0 Å². The summed E-state index contributed by atoms with van der Waals surface area (Å²) < 4.78 is 5.22. The Labute approximate surface area is 160 Å². The summed E-state index contributed by atoms with van der Waals surface area (Å²) in [6.45, 7) is 3.07. The van der Waals surface area contributed by atoms with Crippen LogP contribution >= 0.6 is 11.3 Å². The summed E-state index contributed by atoms with van der Waals surface area (Å²) >= 11 is 1.78. The second kappa shape index (κ2) is 9.37. The van der Waals surface area contributed by atoms with Crippen molar-refractivity contribution in [2.24, 2.45) is 0 Å². The minimum atomic E-state index is 0.403. The first-order valence-electron chi connectivity index (χ1n) is 8.92. The number of hydrogen-bond acceptors (Lipinski definition) is 3. The normalized spacial score (nSPS) is 12.8. The van der Waals surface area contributed by atoms with Crippen molar-refractivity contribution in [3.63, 3.8) is 0 Å². The summed E-state index contributed by atoms with van der Waals surface area (Å²) in [6.07, 6.45) is 3.29. The number of methoxy groups -OCH3 is 1. The predicted octanol–water partition coefficient (Wildman–Crippen LogP) is 5.41. The number of hydrogen-bond donors (Lipinski definition) is 1. The van der Waals surface area contributed by atoms with Gasteiger partial charge in [0.2, 0.25) is 0 Å². The first-order chi connectivity index (χ1) is 12.8. The Hall–Kier alpha value is -2.36. The zero-order valence-electron chi connectivity index (χ0n) is 15.3. The molecule has 134 valence electrons. The van der Waals surface area contributed by atoms with Crippen molar-refractivity contribution in [2.75, 3.05) is 13.7 Å². The molecule has 1 unspecified atom stereocenters. The van der Waals surface area contributed by atoms with Gasteiger partial charge in [0, 0.05) is 17.5 Å². The van der Waals surface area contributed by atoms with E-state index in [2.05, 4.69) is 78.3 Å². The Morgan fingerprint density at radius 2 is 1.81 bits per heavy atom. The lowest BCUT2D eigenvalue weighted by atomic mass is 10.0. The van der Waals surface area contributed by atoms with E-state index in [0.29, 0.717) is 6.04 Å². The van der Waals surface area contributed by atoms with Crippen molar-refractivity contribution in [3.8, 4) is 5.75 Å². The maximum Gasteiger partial charge on any atom is 0.118 e. The van der Waals surface area contributed by atoms with E-state index in [0.717, 1.165) is 18.7 Å². The van der Waals surface area contributed by atoms with E-state index < -0.39 is 0 Å². The fourth-order valence-corrected chi connectivity index (χ4v) is 3.75. The highest BCUT2D eigenvalue weighted by Gasteiger charge is 2.07. The largest absolute Gasteiger partial charge is 0.497 e. The molecule has 0 spiro atoms. The third-order valence-electron chi connectivity index (χ3n) is 4.34. The van der Waals surface area contributed by atoms with E-state index in [1.54, 1.807) is 18.4 Å². The van der Waals surface area contributed by atoms with Gasteiger partial charge in [-0.25, -0.2) is 0 Å². The minimum Gasteiger partial charge on any atom is -0.497 e. The quantitative estimate of drug-likeness (QED) is 0.578. The molecular weight excluding hydrogens is 338 g/mol. The standard InChI is InChI=1S/C23H25NOS/c1-18(17-19-10-12-21(25-2)13-11-19)24-15-14-22(23-9-6-16-26-23)20-7-4-3-5-8-20/h3-14,16,18,24H,15,17H2,1-2H3/b22-14-. The predicted molar refractivity (Wildman–Crippen MR) is 112 cm³/mol. The molecule has 2 nitrogen and oxygen atoms in total. The van der Waals surface area contributed by atoms with Crippen molar-refractivity contribution in [2.45, 2.75) is 19.4 Å². The molecule has 1 aromatic heterocycles. The van der Waals surface area contributed by atoms with Gasteiger partial charge in [0.15, 0.2) is 0 Å². The average Bonchev–Trinajstić information content (AvgIpc) is 3.21. The van der Waals surface area contributed by atoms with Gasteiger partial charge in [-0.05, 0) is 53.6 Å². The fraction of sp³-hybridized carbons (Fsp3) is 0.217. The molecule has 0 amide bonds. The molecule has 0 saturated carbocycles. The molecule has 3 aromatic rings. The number of nitrogens with one attached hydrogen (secondary N) is 1. The van der Waals surface area contributed by atoms with Gasteiger partial charge in [-0.15, -0.1) is 11.3 Å². The van der Waals surface area contributed by atoms with E-state index >= 15 is 0 Å². The van der Waals surface area contributed by atoms with Gasteiger partial charge in [-0.2, -0.15) is 0 Å². The number of ether oxygens (including phenoxy) is 1. The van der Waals surface area contributed by atoms with Gasteiger partial charge < -0.3 is 10.1 Å². The first kappa shape index (κ1) is 18.4. The topological polar surface area (TPSA) is 21.3 Å². The van der Waals surface area contributed by atoms with E-state index in [9.17, 15) is 0 Å². The molecular formula is C23H25NOS. The van der Waals surface area contributed by atoms with Crippen LogP contribution in [0.1, 0.15) is 22.9 Å². The highest BCUT2D eigenvalue weighted by molar-refractivity contribution is 7.11. The van der Waals surface area contributed by atoms with Crippen molar-refractivity contribution in [1.82, 2.24) is 5.32 Å². The van der Waals surface area contributed by atoms with Crippen LogP contribution in [0, 0.1) is 0 Å². The summed E-state index contributed by atoms with van der Waals surface area (Å²) in [5.74, 6) is 0.903. The molecule has 0 bridgehead atoms. The molecule has 2 aromatic carbocycles. The highest BCUT2D eigenvalue weighted by Crippen LogP contribution is 2.26. The Morgan fingerprint density at radius 3 is 2.46 bits per heavy atom. The molecule has 0 aliphatic heterocycles. The van der Waals surface area contributed by atoms with Crippen molar-refractivity contribution in [1.29, 1.82) is 0 Å². The second-order valence-electron chi connectivity index (χ2n) is 6.32. The zero-order valence-corrected chi connectivity index (χ0v) is 16.1. The Kier molecular flexibility index (Phi) is 6.64. The monoisotopic (exact) mass is 363 g/mol. The summed E-state index contributed by atoms with van der Waals surface area (Å²) in [4.78, 5) is 1.31. The molecule has 26 heavy (non-hydrogen) atoms. The molecule has 0 radical (unpaired) electrons. The van der Waals surface area contributed by atoms with Crippen LogP contribution in [0.3, 0.4) is 0 Å². The average molecular weight is 364 g/mol. The molecule has 1 heterocycles. The minimum absolute atomic E-state index is 0.403. The van der Waals surface area contributed by atoms with Crippen molar-refractivity contribution < 1.29 is 4.74 Å². The summed E-state index contributed by atoms with van der Waals surface area (Å²) in [5.41, 5.74) is 3.88. The fourth-order valence-electron chi connectivity index (χ4n) is 2.96. The van der Waals surface area contributed by atoms with Crippen LogP contribution in [0.2, 0.25) is 0 Å². The van der Waals surface area contributed by atoms with Crippen LogP contribution in [0.15, 0.2) is 78.2 Å². The lowest BCUT2D eigenvalue weighted by Crippen LogP contribution is -2.28. The lowest BCUT2D eigenvalue weighted by molar-refractivity contribution is 0.414. The van der Waals surface area contributed by atoms with Crippen LogP contribution in [0.25, 0.3) is 5.57 Å². The second-order valence-corrected chi connectivity index (χ2v) is 7.27. The molecule has 1 atom stereocenters. The van der Waals surface area contributed by atoms with Crippen LogP contribution in [-0.4, -0.2) is 19.7 Å². The van der Waals surface area contributed by atoms with Gasteiger partial charge in [-0.1, -0.05) is 54.6 Å². The smallest absolute Gasteiger partial charge is 0.118 e. The summed E-state index contributed by atoms with van der Waals surface area (Å²) in [7, 11) is 1.70. The Morgan fingerprint density at radius 1 is 1.04 bits per heavy atom. The molecule has 0 aliphatic carbocycles. The Bertz CT molecular complexity index is 807. The summed E-state index contributed by atoms with van der Waals surface area (Å²) in [5, 5.41) is 5.75. The van der Waals surface area contributed by atoms with Gasteiger partial charge in [0.05, 0.1) is 7.11 Å². The van der Waals surface area contributed by atoms with Gasteiger partial charge in [0.1, 0.15) is 5.75 Å². The molecule has 0 fully saturated rings. The Balaban J connectivity index is 1.62. The third-order valence-corrected chi connectivity index (χ3v) is 5.25. The van der Waals surface area contributed by atoms with Crippen LogP contribution in [0.5, 0.6) is 5.75 Å². The van der Waals surface area contributed by atoms with E-state index in [1.807, 2.05) is 12.1 Å². The van der Waals surface area contributed by atoms with Crippen molar-refractivity contribution in [3.05, 3.63) is 94.2 Å². The maximum absolute atomic E-state index is 5.22. The highest BCUT2D eigenvalue weighted by atomic mass is 32.1. The number of benzene rings is 2. The number of thiophene rings is 1. The van der Waals surface area contributed by atoms with E-state index in [1.165, 1.54) is 21.6 Å². The molecule has 0 aliphatic rings. The molecule has 1 N–H and O–H groups in total. The lowest BCUT2D eigenvalue weighted by Gasteiger charge is -2.14. The molecule has 3 rings (SSSR count). The van der Waals surface area contributed by atoms with E-state index in [-0.39, 0.29) is 0 Å². The van der Waals surface area contributed by atoms with Crippen molar-refractivity contribution >= 4 is 16.9 Å². The van der Waals surface area contributed by atoms with Crippen LogP contribution in [-0.2, 0) is 6.42 Å². The summed E-state index contributed by atoms with van der Waals surface area (Å²) in [6, 6.07) is 23.6. The van der Waals surface area contributed by atoms with Crippen LogP contribution in [0.4, 0.5) is 0 Å². The van der Waals surface area contributed by atoms with Gasteiger partial charge >= 0.3 is 0 Å². The SMILES string of the molecule is COc1ccc(CC(C)NC/C=C(/c2ccccc2)c2cccs2)cc1. The zero-order chi connectivity index (χ0) is 18.2. The van der Waals surface area contributed by atoms with Gasteiger partial charge in [0.25, 0.3) is 0 Å². The molecule has 0 saturated heterocycles. The van der Waals surface area contributed by atoms with Crippen LogP contribution < -0.4 is 10.1 Å². The number of rotatable bonds is 8. The molecule has 3 heteroatoms. The van der Waals surface area contributed by atoms with E-state index in [4.69, 9.17) is 4.74 Å².